The van der Waals surface area contributed by atoms with Gasteiger partial charge in [-0.15, -0.1) is 0 Å². The predicted molar refractivity (Wildman–Crippen MR) is 72.0 cm³/mol. The number of rotatable bonds is 4. The fourth-order valence-corrected chi connectivity index (χ4v) is 1.73. The molecular weight excluding hydrogens is 259 g/mol. The monoisotopic (exact) mass is 272 g/mol. The molecule has 0 aromatic heterocycles. The van der Waals surface area contributed by atoms with Gasteiger partial charge < -0.3 is 4.74 Å². The highest BCUT2D eigenvalue weighted by Crippen LogP contribution is 2.13. The molecule has 0 aliphatic heterocycles. The van der Waals surface area contributed by atoms with E-state index in [2.05, 4.69) is 0 Å². The number of esters is 1. The van der Waals surface area contributed by atoms with E-state index in [0.717, 1.165) is 11.6 Å². The Morgan fingerprint density at radius 1 is 1.10 bits per heavy atom. The van der Waals surface area contributed by atoms with Crippen LogP contribution in [0.3, 0.4) is 0 Å². The van der Waals surface area contributed by atoms with Gasteiger partial charge in [0.25, 0.3) is 0 Å². The molecule has 0 radical (unpaired) electrons. The van der Waals surface area contributed by atoms with Crippen LogP contribution in [0.2, 0.25) is 0 Å². The van der Waals surface area contributed by atoms with Crippen LogP contribution in [-0.2, 0) is 11.3 Å². The van der Waals surface area contributed by atoms with Crippen molar-refractivity contribution in [3.63, 3.8) is 0 Å². The standard InChI is InChI=1S/C16H13FO3/c1-11(18)14-8-7-13(9-15(14)17)16(19)20-10-12-5-3-2-4-6-12/h2-9H,10H2,1H3. The van der Waals surface area contributed by atoms with Crippen LogP contribution in [-0.4, -0.2) is 11.8 Å². The van der Waals surface area contributed by atoms with Crippen LogP contribution in [0.15, 0.2) is 48.5 Å². The second-order valence-electron chi connectivity index (χ2n) is 4.31. The van der Waals surface area contributed by atoms with Crippen molar-refractivity contribution in [3.8, 4) is 0 Å². The van der Waals surface area contributed by atoms with Crippen LogP contribution in [0, 0.1) is 5.82 Å². The molecule has 2 aromatic rings. The minimum atomic E-state index is -0.716. The molecule has 2 aromatic carbocycles. The number of ketones is 1. The lowest BCUT2D eigenvalue weighted by atomic mass is 10.1. The average Bonchev–Trinajstić information content (AvgIpc) is 2.45. The van der Waals surface area contributed by atoms with Crippen molar-refractivity contribution < 1.29 is 18.7 Å². The number of halogens is 1. The number of hydrogen-bond donors (Lipinski definition) is 0. The highest BCUT2D eigenvalue weighted by molar-refractivity contribution is 5.96. The van der Waals surface area contributed by atoms with Crippen molar-refractivity contribution in [1.82, 2.24) is 0 Å². The average molecular weight is 272 g/mol. The maximum absolute atomic E-state index is 13.6. The number of ether oxygens (including phenoxy) is 1. The maximum Gasteiger partial charge on any atom is 0.338 e. The molecule has 0 unspecified atom stereocenters. The first kappa shape index (κ1) is 13.9. The molecule has 0 aliphatic rings. The van der Waals surface area contributed by atoms with Crippen molar-refractivity contribution in [3.05, 3.63) is 71.0 Å². The molecule has 0 heterocycles. The van der Waals surface area contributed by atoms with Gasteiger partial charge in [-0.2, -0.15) is 0 Å². The Morgan fingerprint density at radius 3 is 2.40 bits per heavy atom. The summed E-state index contributed by atoms with van der Waals surface area (Å²) in [6.07, 6.45) is 0. The third kappa shape index (κ3) is 3.29. The first-order valence-electron chi connectivity index (χ1n) is 6.09. The Balaban J connectivity index is 2.06. The lowest BCUT2D eigenvalue weighted by Gasteiger charge is -2.06. The fourth-order valence-electron chi connectivity index (χ4n) is 1.73. The number of hydrogen-bond acceptors (Lipinski definition) is 3. The number of carbonyl (C=O) groups excluding carboxylic acids is 2. The second kappa shape index (κ2) is 6.10. The van der Waals surface area contributed by atoms with Gasteiger partial charge in [0.15, 0.2) is 5.78 Å². The van der Waals surface area contributed by atoms with Gasteiger partial charge in [0, 0.05) is 0 Å². The van der Waals surface area contributed by atoms with Crippen molar-refractivity contribution in [2.45, 2.75) is 13.5 Å². The van der Waals surface area contributed by atoms with E-state index in [0.29, 0.717) is 0 Å². The quantitative estimate of drug-likeness (QED) is 0.633. The zero-order valence-electron chi connectivity index (χ0n) is 10.9. The lowest BCUT2D eigenvalue weighted by Crippen LogP contribution is -2.07. The van der Waals surface area contributed by atoms with Gasteiger partial charge >= 0.3 is 5.97 Å². The van der Waals surface area contributed by atoms with Crippen LogP contribution in [0.1, 0.15) is 33.2 Å². The van der Waals surface area contributed by atoms with Crippen molar-refractivity contribution in [1.29, 1.82) is 0 Å². The number of benzene rings is 2. The molecular formula is C16H13FO3. The van der Waals surface area contributed by atoms with Crippen LogP contribution >= 0.6 is 0 Å². The van der Waals surface area contributed by atoms with Crippen molar-refractivity contribution in [2.24, 2.45) is 0 Å². The second-order valence-corrected chi connectivity index (χ2v) is 4.31. The highest BCUT2D eigenvalue weighted by Gasteiger charge is 2.13. The van der Waals surface area contributed by atoms with Crippen LogP contribution in [0.25, 0.3) is 0 Å². The summed E-state index contributed by atoms with van der Waals surface area (Å²) in [5.41, 5.74) is 0.898. The molecule has 3 nitrogen and oxygen atoms in total. The molecule has 0 aliphatic carbocycles. The normalized spacial score (nSPS) is 10.1. The van der Waals surface area contributed by atoms with Gasteiger partial charge in [0.1, 0.15) is 12.4 Å². The molecule has 0 atom stereocenters. The maximum atomic E-state index is 13.6. The molecule has 0 saturated heterocycles. The summed E-state index contributed by atoms with van der Waals surface area (Å²) in [6, 6.07) is 12.9. The van der Waals surface area contributed by atoms with Gasteiger partial charge in [-0.3, -0.25) is 4.79 Å². The van der Waals surface area contributed by atoms with E-state index in [1.54, 1.807) is 0 Å². The Kier molecular flexibility index (Phi) is 4.25. The fraction of sp³-hybridized carbons (Fsp3) is 0.125. The van der Waals surface area contributed by atoms with Crippen LogP contribution < -0.4 is 0 Å². The highest BCUT2D eigenvalue weighted by atomic mass is 19.1. The molecule has 0 spiro atoms. The zero-order chi connectivity index (χ0) is 14.5. The van der Waals surface area contributed by atoms with Gasteiger partial charge in [-0.05, 0) is 30.7 Å². The van der Waals surface area contributed by atoms with E-state index in [1.807, 2.05) is 30.3 Å². The first-order valence-corrected chi connectivity index (χ1v) is 6.09. The molecule has 0 fully saturated rings. The molecule has 20 heavy (non-hydrogen) atoms. The van der Waals surface area contributed by atoms with E-state index < -0.39 is 11.8 Å². The predicted octanol–water partition coefficient (Wildman–Crippen LogP) is 3.39. The largest absolute Gasteiger partial charge is 0.457 e. The van der Waals surface area contributed by atoms with Crippen molar-refractivity contribution in [2.75, 3.05) is 0 Å². The Bertz CT molecular complexity index is 635. The summed E-state index contributed by atoms with van der Waals surface area (Å²) in [5, 5.41) is 0. The number of Topliss-reactive ketones (excluding diaryl/α,β-unsaturated/α-hetero) is 1. The Morgan fingerprint density at radius 2 is 1.80 bits per heavy atom. The van der Waals surface area contributed by atoms with Crippen molar-refractivity contribution >= 4 is 11.8 Å². The summed E-state index contributed by atoms with van der Waals surface area (Å²) in [5.74, 6) is -1.72. The molecule has 102 valence electrons. The molecule has 0 saturated carbocycles. The van der Waals surface area contributed by atoms with Crippen LogP contribution in [0.5, 0.6) is 0 Å². The molecule has 2 rings (SSSR count). The third-order valence-corrected chi connectivity index (χ3v) is 2.80. The van der Waals surface area contributed by atoms with Gasteiger partial charge in [-0.25, -0.2) is 9.18 Å². The third-order valence-electron chi connectivity index (χ3n) is 2.80. The minimum absolute atomic E-state index is 0.0374. The summed E-state index contributed by atoms with van der Waals surface area (Å²) in [7, 11) is 0. The molecule has 0 bridgehead atoms. The van der Waals surface area contributed by atoms with Crippen LogP contribution in [0.4, 0.5) is 4.39 Å². The van der Waals surface area contributed by atoms with Gasteiger partial charge in [0.05, 0.1) is 11.1 Å². The smallest absolute Gasteiger partial charge is 0.338 e. The Hall–Kier alpha value is -2.49. The molecule has 0 N–H and O–H groups in total. The number of carbonyl (C=O) groups is 2. The summed E-state index contributed by atoms with van der Waals surface area (Å²) < 4.78 is 18.7. The SMILES string of the molecule is CC(=O)c1ccc(C(=O)OCc2ccccc2)cc1F. The van der Waals surface area contributed by atoms with Gasteiger partial charge in [0.2, 0.25) is 0 Å². The lowest BCUT2D eigenvalue weighted by molar-refractivity contribution is 0.0472. The van der Waals surface area contributed by atoms with E-state index >= 15 is 0 Å². The van der Waals surface area contributed by atoms with E-state index in [4.69, 9.17) is 4.74 Å². The van der Waals surface area contributed by atoms with E-state index in [-0.39, 0.29) is 23.5 Å². The minimum Gasteiger partial charge on any atom is -0.457 e. The summed E-state index contributed by atoms with van der Waals surface area (Å²) in [6.45, 7) is 1.39. The zero-order valence-corrected chi connectivity index (χ0v) is 10.9. The molecule has 0 amide bonds. The van der Waals surface area contributed by atoms with Gasteiger partial charge in [-0.1, -0.05) is 30.3 Å². The van der Waals surface area contributed by atoms with E-state index in [1.165, 1.54) is 19.1 Å². The topological polar surface area (TPSA) is 43.4 Å². The Labute approximate surface area is 116 Å². The summed E-state index contributed by atoms with van der Waals surface area (Å²) in [4.78, 5) is 22.9. The summed E-state index contributed by atoms with van der Waals surface area (Å²) >= 11 is 0. The van der Waals surface area contributed by atoms with E-state index in [9.17, 15) is 14.0 Å². The molecule has 4 heteroatoms. The first-order chi connectivity index (χ1) is 9.58.